The largest absolute Gasteiger partial charge is 0.493 e. The van der Waals surface area contributed by atoms with Crippen molar-refractivity contribution >= 4 is 0 Å². The molecule has 11 nitrogen and oxygen atoms in total. The number of hydrogen-bond donors (Lipinski definition) is 1. The van der Waals surface area contributed by atoms with Crippen LogP contribution in [0.2, 0.25) is 0 Å². The molecule has 2 aromatic rings. The number of hydrogen-bond acceptors (Lipinski definition) is 10. The number of benzene rings is 2. The number of rotatable bonds is 16. The monoisotopic (exact) mass is 560 g/mol. The van der Waals surface area contributed by atoms with Crippen LogP contribution in [0, 0.1) is 27.4 Å². The number of aliphatic hydroxyl groups is 1. The number of nitro groups is 1. The Bertz CT molecular complexity index is 1200. The molecule has 2 rings (SSSR count). The van der Waals surface area contributed by atoms with E-state index in [1.807, 2.05) is 13.8 Å². The lowest BCUT2D eigenvalue weighted by Crippen LogP contribution is -2.39. The van der Waals surface area contributed by atoms with E-state index in [0.717, 1.165) is 0 Å². The first-order valence-corrected chi connectivity index (χ1v) is 12.9. The van der Waals surface area contributed by atoms with E-state index in [2.05, 4.69) is 6.07 Å². The van der Waals surface area contributed by atoms with Crippen molar-refractivity contribution in [3.8, 4) is 40.6 Å². The smallest absolute Gasteiger partial charge is 0.242 e. The summed E-state index contributed by atoms with van der Waals surface area (Å²) in [7, 11) is 8.86. The van der Waals surface area contributed by atoms with Gasteiger partial charge in [0.05, 0.1) is 54.1 Å². The molecule has 1 N–H and O–H groups in total. The highest BCUT2D eigenvalue weighted by atomic mass is 16.6. The summed E-state index contributed by atoms with van der Waals surface area (Å²) in [6.07, 6.45) is -0.659. The molecule has 0 aliphatic heterocycles. The molecule has 4 unspecified atom stereocenters. The Morgan fingerprint density at radius 1 is 0.925 bits per heavy atom. The third kappa shape index (κ3) is 6.45. The van der Waals surface area contributed by atoms with E-state index >= 15 is 0 Å². The van der Waals surface area contributed by atoms with Crippen LogP contribution in [0.25, 0.3) is 0 Å². The number of nitrogens with zero attached hydrogens (tertiary/aromatic N) is 2. The van der Waals surface area contributed by atoms with Crippen molar-refractivity contribution in [3.63, 3.8) is 0 Å². The van der Waals surface area contributed by atoms with E-state index in [4.69, 9.17) is 28.4 Å². The van der Waals surface area contributed by atoms with Crippen LogP contribution in [0.15, 0.2) is 24.3 Å². The molecule has 0 aromatic heterocycles. The van der Waals surface area contributed by atoms with Crippen LogP contribution >= 0.6 is 0 Å². The Balaban J connectivity index is 2.53. The average Bonchev–Trinajstić information content (AvgIpc) is 2.98. The maximum Gasteiger partial charge on any atom is 0.242 e. The summed E-state index contributed by atoms with van der Waals surface area (Å²) in [6, 6.07) is 7.84. The van der Waals surface area contributed by atoms with Gasteiger partial charge in [0.1, 0.15) is 6.10 Å². The highest BCUT2D eigenvalue weighted by Crippen LogP contribution is 2.53. The summed E-state index contributed by atoms with van der Waals surface area (Å²) in [6.45, 7) is 3.88. The molecule has 11 heteroatoms. The fourth-order valence-corrected chi connectivity index (χ4v) is 5.05. The molecular formula is C29H40N2O9. The zero-order chi connectivity index (χ0) is 30.0. The van der Waals surface area contributed by atoms with Gasteiger partial charge in [-0.05, 0) is 42.5 Å². The minimum absolute atomic E-state index is 0.0172. The second kappa shape index (κ2) is 14.5. The first kappa shape index (κ1) is 32.3. The molecule has 40 heavy (non-hydrogen) atoms. The van der Waals surface area contributed by atoms with Crippen LogP contribution in [0.3, 0.4) is 0 Å². The molecule has 0 heterocycles. The molecule has 0 aliphatic carbocycles. The van der Waals surface area contributed by atoms with Gasteiger partial charge in [-0.2, -0.15) is 5.26 Å². The molecular weight excluding hydrogens is 520 g/mol. The first-order chi connectivity index (χ1) is 19.1. The van der Waals surface area contributed by atoms with Gasteiger partial charge in [0.25, 0.3) is 0 Å². The number of nitriles is 1. The molecule has 0 fully saturated rings. The van der Waals surface area contributed by atoms with Gasteiger partial charge in [-0.15, -0.1) is 0 Å². The normalized spacial score (nSPS) is 14.6. The fraction of sp³-hybridized carbons (Fsp3) is 0.552. The maximum atomic E-state index is 12.1. The second-order valence-corrected chi connectivity index (χ2v) is 9.47. The number of methoxy groups -OCH3 is 6. The van der Waals surface area contributed by atoms with E-state index in [1.54, 1.807) is 24.3 Å². The topological polar surface area (TPSA) is 143 Å². The predicted molar refractivity (Wildman–Crippen MR) is 149 cm³/mol. The molecule has 0 saturated carbocycles. The second-order valence-electron chi connectivity index (χ2n) is 9.47. The predicted octanol–water partition coefficient (Wildman–Crippen LogP) is 4.57. The Morgan fingerprint density at radius 2 is 1.52 bits per heavy atom. The molecule has 4 atom stereocenters. The summed E-state index contributed by atoms with van der Waals surface area (Å²) >= 11 is 0. The number of ether oxygens (including phenoxy) is 6. The lowest BCUT2D eigenvalue weighted by atomic mass is 9.67. The van der Waals surface area contributed by atoms with Gasteiger partial charge < -0.3 is 33.5 Å². The van der Waals surface area contributed by atoms with Crippen LogP contribution in [0.1, 0.15) is 44.2 Å². The molecule has 0 bridgehead atoms. The Hall–Kier alpha value is -3.91. The van der Waals surface area contributed by atoms with Gasteiger partial charge in [0.2, 0.25) is 17.5 Å². The van der Waals surface area contributed by atoms with E-state index in [-0.39, 0.29) is 30.9 Å². The first-order valence-electron chi connectivity index (χ1n) is 12.9. The van der Waals surface area contributed by atoms with Gasteiger partial charge in [-0.1, -0.05) is 26.3 Å². The zero-order valence-corrected chi connectivity index (χ0v) is 24.5. The van der Waals surface area contributed by atoms with E-state index in [9.17, 15) is 20.5 Å². The molecule has 0 spiro atoms. The molecule has 0 saturated heterocycles. The quantitative estimate of drug-likeness (QED) is 0.229. The summed E-state index contributed by atoms with van der Waals surface area (Å²) < 4.78 is 32.9. The van der Waals surface area contributed by atoms with Crippen molar-refractivity contribution in [1.29, 1.82) is 5.26 Å². The summed E-state index contributed by atoms with van der Waals surface area (Å²) in [5, 5.41) is 33.9. The van der Waals surface area contributed by atoms with E-state index in [0.29, 0.717) is 46.3 Å². The molecule has 220 valence electrons. The third-order valence-corrected chi connectivity index (χ3v) is 7.56. The highest BCUT2D eigenvalue weighted by molar-refractivity contribution is 5.65. The van der Waals surface area contributed by atoms with Gasteiger partial charge in [0.15, 0.2) is 23.0 Å². The van der Waals surface area contributed by atoms with Crippen molar-refractivity contribution in [2.45, 2.75) is 57.1 Å². The third-order valence-electron chi connectivity index (χ3n) is 7.56. The van der Waals surface area contributed by atoms with Crippen LogP contribution < -0.4 is 28.4 Å². The fourth-order valence-electron chi connectivity index (χ4n) is 5.05. The number of aliphatic hydroxyl groups excluding tert-OH is 1. The lowest BCUT2D eigenvalue weighted by Gasteiger charge is -2.35. The standard InChI is InChI=1S/C29H40N2O9/c1-9-18(2)29(17-30,20-16-25(37-5)27(39-7)28(40-8)26(20)38-6)13-12-22(32)21(31(33)34)14-19-10-11-23(35-3)24(15-19)36-4/h10-11,15-16,18,21-22,32H,9,12-14H2,1-8H3. The van der Waals surface area contributed by atoms with Crippen molar-refractivity contribution in [2.75, 3.05) is 42.7 Å². The van der Waals surface area contributed by atoms with Crippen molar-refractivity contribution < 1.29 is 38.5 Å². The van der Waals surface area contributed by atoms with E-state index < -0.39 is 22.5 Å². The Morgan fingerprint density at radius 3 is 2.00 bits per heavy atom. The minimum atomic E-state index is -1.34. The van der Waals surface area contributed by atoms with Gasteiger partial charge in [-0.3, -0.25) is 10.1 Å². The molecule has 2 aromatic carbocycles. The lowest BCUT2D eigenvalue weighted by molar-refractivity contribution is -0.534. The maximum absolute atomic E-state index is 12.1. The van der Waals surface area contributed by atoms with Crippen LogP contribution in [0.4, 0.5) is 0 Å². The molecule has 0 aliphatic rings. The van der Waals surface area contributed by atoms with Gasteiger partial charge >= 0.3 is 0 Å². The van der Waals surface area contributed by atoms with Crippen LogP contribution in [0.5, 0.6) is 34.5 Å². The zero-order valence-electron chi connectivity index (χ0n) is 24.5. The van der Waals surface area contributed by atoms with Crippen LogP contribution in [-0.4, -0.2) is 64.8 Å². The van der Waals surface area contributed by atoms with E-state index in [1.165, 1.54) is 42.7 Å². The Kier molecular flexibility index (Phi) is 11.7. The van der Waals surface area contributed by atoms with Crippen molar-refractivity contribution in [2.24, 2.45) is 5.92 Å². The molecule has 0 amide bonds. The van der Waals surface area contributed by atoms with Crippen LogP contribution in [-0.2, 0) is 11.8 Å². The molecule has 0 radical (unpaired) electrons. The summed E-state index contributed by atoms with van der Waals surface area (Å²) in [4.78, 5) is 11.6. The van der Waals surface area contributed by atoms with Gasteiger partial charge in [0, 0.05) is 16.9 Å². The van der Waals surface area contributed by atoms with Crippen molar-refractivity contribution in [3.05, 3.63) is 45.5 Å². The highest BCUT2D eigenvalue weighted by Gasteiger charge is 2.44. The van der Waals surface area contributed by atoms with Crippen molar-refractivity contribution in [1.82, 2.24) is 0 Å². The average molecular weight is 561 g/mol. The SMILES string of the molecule is CCC(C)C(C#N)(CCC(O)C(Cc1ccc(OC)c(OC)c1)[N+](=O)[O-])c1cc(OC)c(OC)c(OC)c1OC. The van der Waals surface area contributed by atoms with Gasteiger partial charge in [-0.25, -0.2) is 0 Å². The Labute approximate surface area is 235 Å². The summed E-state index contributed by atoms with van der Waals surface area (Å²) in [5.74, 6) is 1.93. The summed E-state index contributed by atoms with van der Waals surface area (Å²) in [5.41, 5.74) is -0.0949. The minimum Gasteiger partial charge on any atom is -0.493 e.